The van der Waals surface area contributed by atoms with Gasteiger partial charge in [-0.3, -0.25) is 54.1 Å². The van der Waals surface area contributed by atoms with E-state index in [1.54, 1.807) is 30.3 Å². The number of aromatic nitrogens is 3. The van der Waals surface area contributed by atoms with Crippen LogP contribution in [0.4, 0.5) is 28.4 Å². The number of rotatable bonds is 8. The van der Waals surface area contributed by atoms with E-state index in [1.165, 1.54) is 102 Å². The van der Waals surface area contributed by atoms with Gasteiger partial charge in [0.05, 0.1) is 38.2 Å². The van der Waals surface area contributed by atoms with Gasteiger partial charge in [0.15, 0.2) is 6.29 Å². The lowest BCUT2D eigenvalue weighted by molar-refractivity contribution is -0.385. The number of hydrogen-bond acceptors (Lipinski definition) is 17. The molecule has 0 unspecified atom stereocenters. The lowest BCUT2D eigenvalue weighted by Crippen LogP contribution is -2.22. The normalized spacial score (nSPS) is 9.20. The highest BCUT2D eigenvalue weighted by atomic mass is 35.5. The van der Waals surface area contributed by atoms with Crippen molar-refractivity contribution in [2.75, 3.05) is 11.1 Å². The largest absolute Gasteiger partial charge is 0.480 e. The van der Waals surface area contributed by atoms with Gasteiger partial charge in [0, 0.05) is 66.9 Å². The zero-order valence-electron chi connectivity index (χ0n) is 33.5. The van der Waals surface area contributed by atoms with Crippen LogP contribution in [0.1, 0.15) is 28.8 Å². The Morgan fingerprint density at radius 3 is 1.75 bits per heavy atom. The van der Waals surface area contributed by atoms with Crippen LogP contribution in [0, 0.1) is 64.3 Å². The van der Waals surface area contributed by atoms with E-state index in [-0.39, 0.29) is 42.2 Å². The summed E-state index contributed by atoms with van der Waals surface area (Å²) >= 11 is 5.48. The second kappa shape index (κ2) is 28.1. The highest BCUT2D eigenvalue weighted by molar-refractivity contribution is 6.31. The average molecular weight is 893 g/mol. The maximum absolute atomic E-state index is 12.4. The molecule has 1 amide bonds. The van der Waals surface area contributed by atoms with Crippen molar-refractivity contribution in [2.45, 2.75) is 12.8 Å². The maximum Gasteiger partial charge on any atom is 0.317 e. The number of halogens is 1. The van der Waals surface area contributed by atoms with Crippen LogP contribution in [0.5, 0.6) is 0 Å². The second-order valence-electron chi connectivity index (χ2n) is 11.3. The van der Waals surface area contributed by atoms with Crippen molar-refractivity contribution in [3.8, 4) is 23.9 Å². The van der Waals surface area contributed by atoms with Crippen molar-refractivity contribution in [3.63, 3.8) is 0 Å². The minimum Gasteiger partial charge on any atom is -0.480 e. The van der Waals surface area contributed by atoms with Crippen LogP contribution in [0.25, 0.3) is 16.7 Å². The number of nitro groups is 3. The molecular formula is C39H30BClN11O12. The molecule has 323 valence electrons. The number of nitrogens with one attached hydrogen (secondary N) is 1. The average Bonchev–Trinajstić information content (AvgIpc) is 3.28. The smallest absolute Gasteiger partial charge is 0.317 e. The van der Waals surface area contributed by atoms with E-state index < -0.39 is 38.6 Å². The summed E-state index contributed by atoms with van der Waals surface area (Å²) in [5, 5.41) is 74.1. The van der Waals surface area contributed by atoms with Crippen LogP contribution in [-0.2, 0) is 9.59 Å². The number of aldehydes is 1. The van der Waals surface area contributed by atoms with E-state index in [4.69, 9.17) is 44.6 Å². The first kappa shape index (κ1) is 50.7. The molecule has 0 atom stereocenters. The zero-order valence-corrected chi connectivity index (χ0v) is 33.3. The molecule has 0 bridgehead atoms. The Morgan fingerprint density at radius 2 is 1.33 bits per heavy atom. The number of aliphatic carboxylic acids is 1. The first-order chi connectivity index (χ1) is 31.0. The van der Waals surface area contributed by atoms with Crippen LogP contribution >= 0.6 is 11.6 Å². The van der Waals surface area contributed by atoms with Gasteiger partial charge in [-0.15, -0.1) is 0 Å². The Bertz CT molecular complexity index is 2780. The summed E-state index contributed by atoms with van der Waals surface area (Å²) in [4.78, 5) is 80.3. The molecule has 25 heteroatoms. The first-order valence-corrected chi connectivity index (χ1v) is 17.4. The number of carboxylic acids is 1. The van der Waals surface area contributed by atoms with Gasteiger partial charge in [0.1, 0.15) is 35.3 Å². The summed E-state index contributed by atoms with van der Waals surface area (Å²) in [6.07, 6.45) is 3.11. The van der Waals surface area contributed by atoms with Gasteiger partial charge >= 0.3 is 5.97 Å². The van der Waals surface area contributed by atoms with Gasteiger partial charge in [-0.1, -0.05) is 11.6 Å². The van der Waals surface area contributed by atoms with Gasteiger partial charge in [-0.25, -0.2) is 9.97 Å². The van der Waals surface area contributed by atoms with Crippen molar-refractivity contribution >= 4 is 77.2 Å². The fraction of sp³-hybridized carbons (Fsp3) is 0.0513. The van der Waals surface area contributed by atoms with E-state index in [0.29, 0.717) is 39.9 Å². The Hall–Kier alpha value is -9.44. The molecule has 3 aromatic carbocycles. The molecule has 0 spiro atoms. The molecule has 0 saturated heterocycles. The fourth-order valence-corrected chi connectivity index (χ4v) is 4.44. The molecule has 0 aliphatic rings. The van der Waals surface area contributed by atoms with Gasteiger partial charge < -0.3 is 21.2 Å². The topological polar surface area (TPSA) is 378 Å². The third-order valence-electron chi connectivity index (χ3n) is 7.05. The number of amides is 1. The summed E-state index contributed by atoms with van der Waals surface area (Å²) in [6, 6.07) is 29.8. The highest BCUT2D eigenvalue weighted by Gasteiger charge is 2.13. The summed E-state index contributed by atoms with van der Waals surface area (Å²) in [5.41, 5.74) is 6.91. The van der Waals surface area contributed by atoms with E-state index in [1.807, 2.05) is 6.07 Å². The Kier molecular flexibility index (Phi) is 22.3. The number of nitrogen functional groups attached to an aromatic ring is 1. The quantitative estimate of drug-likeness (QED) is 0.0385. The van der Waals surface area contributed by atoms with Crippen LogP contribution in [0.3, 0.4) is 0 Å². The van der Waals surface area contributed by atoms with Crippen LogP contribution in [0.15, 0.2) is 120 Å². The van der Waals surface area contributed by atoms with Gasteiger partial charge in [0.2, 0.25) is 5.91 Å². The number of anilines is 2. The summed E-state index contributed by atoms with van der Waals surface area (Å²) in [7, 11) is 0.250. The van der Waals surface area contributed by atoms with E-state index >= 15 is 0 Å². The maximum atomic E-state index is 12.4. The SMILES string of the molecule is N#CCC(=O)Nc1ccc([N+](=O)[O-])cc1.N#CCC(=O)O.N#Cc1cc2cccnc2n(-c2ccc([N+](=O)[O-])cc2)c1=O.Nc1ccc([N+](=O)[O-])cc1.O=Cc1cccnc1Cl.[3H][B]O. The predicted octanol–water partition coefficient (Wildman–Crippen LogP) is 5.12. The monoisotopic (exact) mass is 892 g/mol. The first-order valence-electron chi connectivity index (χ1n) is 17.6. The molecule has 0 fully saturated rings. The van der Waals surface area contributed by atoms with Gasteiger partial charge in [0.25, 0.3) is 30.6 Å². The van der Waals surface area contributed by atoms with Crippen molar-refractivity contribution < 1.29 is 39.3 Å². The minimum absolute atomic E-state index is 0.0150. The molecule has 6 aromatic rings. The third-order valence-corrected chi connectivity index (χ3v) is 7.37. The molecule has 3 heterocycles. The number of nitrogens with zero attached hydrogens (tertiary/aromatic N) is 9. The number of carbonyl (C=O) groups is 3. The molecule has 23 nitrogen and oxygen atoms in total. The van der Waals surface area contributed by atoms with Crippen molar-refractivity contribution in [1.29, 1.82) is 17.1 Å². The number of pyridine rings is 3. The lowest BCUT2D eigenvalue weighted by Gasteiger charge is -2.09. The number of nitriles is 3. The predicted molar refractivity (Wildman–Crippen MR) is 230 cm³/mol. The van der Waals surface area contributed by atoms with Crippen molar-refractivity contribution in [3.05, 3.63) is 172 Å². The number of benzene rings is 3. The molecule has 0 aliphatic carbocycles. The molecule has 0 aliphatic heterocycles. The number of nitrogens with two attached hydrogens (primary N) is 1. The van der Waals surface area contributed by atoms with Gasteiger partial charge in [-0.2, -0.15) is 15.8 Å². The van der Waals surface area contributed by atoms with Crippen molar-refractivity contribution in [2.24, 2.45) is 0 Å². The zero-order chi connectivity index (χ0) is 48.9. The number of non-ortho nitro benzene ring substituents is 3. The molecule has 1 radical (unpaired) electrons. The Balaban J connectivity index is 0.000000428. The Labute approximate surface area is 367 Å². The molecule has 5 N–H and O–H groups in total. The van der Waals surface area contributed by atoms with Crippen molar-refractivity contribution in [1.82, 2.24) is 14.5 Å². The second-order valence-corrected chi connectivity index (χ2v) is 11.6. The Morgan fingerprint density at radius 1 is 0.844 bits per heavy atom. The summed E-state index contributed by atoms with van der Waals surface area (Å²) < 4.78 is 6.91. The molecule has 0 saturated carbocycles. The standard InChI is InChI=1S/C15H8N4O3.C9H7N3O3.C6H4ClNO.C6H6N2O2.C3H3NO2.BH2O/c16-9-11-8-10-2-1-7-17-14(10)18(15(11)20)12-3-5-13(6-4-12)19(21)22;10-6-5-9(13)11-7-1-3-8(4-2-7)12(14)15;7-6-5(4-9)2-1-3-8-6;7-5-1-3-6(4-2-5)8(9)10;4-2-1-3(5)6;1-2/h1-8H;1-4H,5H2,(H,11,13);1-4H;1-4H,7H2;1H2,(H,5,6);1-2H/i;;;;;1T. The van der Waals surface area contributed by atoms with Gasteiger partial charge in [-0.05, 0) is 66.7 Å². The molecular weight excluding hydrogens is 861 g/mol. The van der Waals surface area contributed by atoms with Crippen LogP contribution in [0.2, 0.25) is 5.15 Å². The van der Waals surface area contributed by atoms with Crippen LogP contribution < -0.4 is 16.6 Å². The van der Waals surface area contributed by atoms with E-state index in [2.05, 4.69) is 15.3 Å². The summed E-state index contributed by atoms with van der Waals surface area (Å²) in [5.74, 6) is -1.51. The molecule has 6 rings (SSSR count). The molecule has 3 aromatic heterocycles. The lowest BCUT2D eigenvalue weighted by atomic mass is 10.2. The number of nitro benzene ring substituents is 3. The number of hydrogen-bond donors (Lipinski definition) is 4. The molecule has 64 heavy (non-hydrogen) atoms. The number of fused-ring (bicyclic) bond motifs is 1. The van der Waals surface area contributed by atoms with E-state index in [0.717, 1.165) is 0 Å². The van der Waals surface area contributed by atoms with E-state index in [9.17, 15) is 49.5 Å². The number of carboxylic acid groups (broad SMARTS) is 1. The minimum atomic E-state index is -1.07. The number of carbonyl (C=O) groups excluding carboxylic acids is 2. The highest BCUT2D eigenvalue weighted by Crippen LogP contribution is 2.19. The van der Waals surface area contributed by atoms with Crippen LogP contribution in [-0.4, -0.2) is 66.9 Å². The third kappa shape index (κ3) is 17.8. The summed E-state index contributed by atoms with van der Waals surface area (Å²) in [6.45, 7) is 0. The fourth-order valence-electron chi connectivity index (χ4n) is 4.28.